The first-order valence-electron chi connectivity index (χ1n) is 6.31. The lowest BCUT2D eigenvalue weighted by Gasteiger charge is -2.25. The minimum atomic E-state index is -0.254. The maximum atomic E-state index is 12.4. The van der Waals surface area contributed by atoms with Gasteiger partial charge in [0.05, 0.1) is 12.2 Å². The summed E-state index contributed by atoms with van der Waals surface area (Å²) in [4.78, 5) is 14.0. The van der Waals surface area contributed by atoms with E-state index in [0.29, 0.717) is 25.3 Å². The number of fused-ring (bicyclic) bond motifs is 1. The number of amides is 1. The minimum Gasteiger partial charge on any atom is -0.508 e. The van der Waals surface area contributed by atoms with Crippen molar-refractivity contribution < 1.29 is 19.5 Å². The zero-order valence-electron chi connectivity index (χ0n) is 11.0. The van der Waals surface area contributed by atoms with E-state index in [2.05, 4.69) is 5.16 Å². The highest BCUT2D eigenvalue weighted by atomic mass is 16.5. The van der Waals surface area contributed by atoms with Crippen LogP contribution in [0, 0.1) is 6.92 Å². The smallest absolute Gasteiger partial charge is 0.254 e. The topological polar surface area (TPSA) is 86.8 Å². The summed E-state index contributed by atoms with van der Waals surface area (Å²) in [7, 11) is 0. The summed E-state index contributed by atoms with van der Waals surface area (Å²) >= 11 is 0. The van der Waals surface area contributed by atoms with Crippen molar-refractivity contribution in [2.45, 2.75) is 19.9 Å². The van der Waals surface area contributed by atoms with Gasteiger partial charge >= 0.3 is 0 Å². The van der Waals surface area contributed by atoms with Crippen LogP contribution < -0.4 is 0 Å². The highest BCUT2D eigenvalue weighted by Crippen LogP contribution is 2.25. The maximum absolute atomic E-state index is 12.4. The predicted molar refractivity (Wildman–Crippen MR) is 69.5 cm³/mol. The Balaban J connectivity index is 1.85. The van der Waals surface area contributed by atoms with Gasteiger partial charge in [-0.3, -0.25) is 4.79 Å². The number of rotatable bonds is 1. The molecule has 0 fully saturated rings. The lowest BCUT2D eigenvalue weighted by atomic mass is 10.0. The fourth-order valence-electron chi connectivity index (χ4n) is 2.45. The van der Waals surface area contributed by atoms with Gasteiger partial charge in [0.25, 0.3) is 5.91 Å². The number of carbonyl (C=O) groups excluding carboxylic acids is 1. The molecule has 0 spiro atoms. The Morgan fingerprint density at radius 2 is 2.00 bits per heavy atom. The van der Waals surface area contributed by atoms with Crippen LogP contribution in [0.4, 0.5) is 0 Å². The Hall–Kier alpha value is -2.50. The van der Waals surface area contributed by atoms with E-state index in [1.54, 1.807) is 4.90 Å². The number of aromatic nitrogens is 1. The maximum Gasteiger partial charge on any atom is 0.254 e. The van der Waals surface area contributed by atoms with Crippen LogP contribution in [-0.2, 0) is 13.0 Å². The lowest BCUT2D eigenvalue weighted by Crippen LogP contribution is -2.35. The third-order valence-corrected chi connectivity index (χ3v) is 3.47. The Labute approximate surface area is 115 Å². The molecule has 20 heavy (non-hydrogen) atoms. The lowest BCUT2D eigenvalue weighted by molar-refractivity contribution is 0.0715. The van der Waals surface area contributed by atoms with Crippen molar-refractivity contribution in [3.8, 4) is 11.5 Å². The molecule has 0 saturated carbocycles. The molecule has 0 radical (unpaired) electrons. The van der Waals surface area contributed by atoms with E-state index >= 15 is 0 Å². The van der Waals surface area contributed by atoms with Gasteiger partial charge in [-0.05, 0) is 25.5 Å². The van der Waals surface area contributed by atoms with E-state index in [9.17, 15) is 15.0 Å². The third-order valence-electron chi connectivity index (χ3n) is 3.47. The summed E-state index contributed by atoms with van der Waals surface area (Å²) in [5, 5.41) is 22.8. The van der Waals surface area contributed by atoms with Gasteiger partial charge in [0, 0.05) is 23.7 Å². The quantitative estimate of drug-likeness (QED) is 0.824. The Morgan fingerprint density at radius 3 is 2.70 bits per heavy atom. The molecule has 2 N–H and O–H groups in total. The van der Waals surface area contributed by atoms with E-state index in [1.165, 1.54) is 18.2 Å². The first-order valence-corrected chi connectivity index (χ1v) is 6.31. The normalized spacial score (nSPS) is 14.2. The van der Waals surface area contributed by atoms with Crippen molar-refractivity contribution in [2.75, 3.05) is 6.54 Å². The molecule has 2 aromatic rings. The van der Waals surface area contributed by atoms with Gasteiger partial charge in [-0.15, -0.1) is 0 Å². The zero-order chi connectivity index (χ0) is 14.3. The van der Waals surface area contributed by atoms with E-state index in [1.807, 2.05) is 6.92 Å². The molecule has 1 amide bonds. The molecule has 2 heterocycles. The molecule has 104 valence electrons. The van der Waals surface area contributed by atoms with Crippen molar-refractivity contribution in [3.63, 3.8) is 0 Å². The molecule has 0 aliphatic carbocycles. The van der Waals surface area contributed by atoms with E-state index in [4.69, 9.17) is 4.52 Å². The second-order valence-electron chi connectivity index (χ2n) is 4.88. The monoisotopic (exact) mass is 274 g/mol. The van der Waals surface area contributed by atoms with Gasteiger partial charge in [0.1, 0.15) is 11.5 Å². The summed E-state index contributed by atoms with van der Waals surface area (Å²) in [6.45, 7) is 2.79. The predicted octanol–water partition coefficient (Wildman–Crippen LogP) is 1.59. The van der Waals surface area contributed by atoms with Crippen LogP contribution in [0.2, 0.25) is 0 Å². The highest BCUT2D eigenvalue weighted by Gasteiger charge is 2.26. The van der Waals surface area contributed by atoms with Crippen LogP contribution in [-0.4, -0.2) is 32.7 Å². The van der Waals surface area contributed by atoms with Crippen LogP contribution >= 0.6 is 0 Å². The molecule has 6 nitrogen and oxygen atoms in total. The number of carbonyl (C=O) groups is 1. The molecular formula is C14H14N2O4. The molecule has 1 aliphatic rings. The summed E-state index contributed by atoms with van der Waals surface area (Å²) in [5.74, 6) is 0.172. The molecule has 1 aromatic heterocycles. The summed E-state index contributed by atoms with van der Waals surface area (Å²) < 4.78 is 5.21. The van der Waals surface area contributed by atoms with Crippen molar-refractivity contribution in [3.05, 3.63) is 40.8 Å². The number of hydrogen-bond acceptors (Lipinski definition) is 5. The van der Waals surface area contributed by atoms with Gasteiger partial charge in [0.2, 0.25) is 0 Å². The summed E-state index contributed by atoms with van der Waals surface area (Å²) in [5.41, 5.74) is 2.18. The standard InChI is InChI=1S/C14H14N2O4/c1-8-12-2-3-16(7-13(12)20-15-8)14(19)9-4-10(17)6-11(18)5-9/h4-6,17-18H,2-3,7H2,1H3. The average Bonchev–Trinajstić information content (AvgIpc) is 2.78. The first-order chi connectivity index (χ1) is 9.54. The highest BCUT2D eigenvalue weighted by molar-refractivity contribution is 5.95. The minimum absolute atomic E-state index is 0.137. The number of nitrogens with zero attached hydrogens (tertiary/aromatic N) is 2. The summed E-state index contributed by atoms with van der Waals surface area (Å²) in [6.07, 6.45) is 0.696. The molecule has 0 atom stereocenters. The van der Waals surface area contributed by atoms with Gasteiger partial charge < -0.3 is 19.6 Å². The number of phenolic OH excluding ortho intramolecular Hbond substituents is 2. The average molecular weight is 274 g/mol. The first kappa shape index (κ1) is 12.5. The van der Waals surface area contributed by atoms with Crippen LogP contribution in [0.15, 0.2) is 22.7 Å². The van der Waals surface area contributed by atoms with E-state index < -0.39 is 0 Å². The van der Waals surface area contributed by atoms with Crippen molar-refractivity contribution in [1.29, 1.82) is 0 Å². The fraction of sp³-hybridized carbons (Fsp3) is 0.286. The van der Waals surface area contributed by atoms with Crippen LogP contribution in [0.5, 0.6) is 11.5 Å². The molecule has 0 bridgehead atoms. The second-order valence-corrected chi connectivity index (χ2v) is 4.88. The number of aromatic hydroxyl groups is 2. The SMILES string of the molecule is Cc1noc2c1CCN(C(=O)c1cc(O)cc(O)c1)C2. The van der Waals surface area contributed by atoms with Crippen LogP contribution in [0.25, 0.3) is 0 Å². The number of hydrogen-bond donors (Lipinski definition) is 2. The molecule has 1 aliphatic heterocycles. The molecular weight excluding hydrogens is 260 g/mol. The van der Waals surface area contributed by atoms with Crippen molar-refractivity contribution in [1.82, 2.24) is 10.1 Å². The number of phenols is 2. The molecule has 0 saturated heterocycles. The van der Waals surface area contributed by atoms with Gasteiger partial charge in [-0.25, -0.2) is 0 Å². The number of aryl methyl sites for hydroxylation is 1. The Kier molecular flexibility index (Phi) is 2.85. The van der Waals surface area contributed by atoms with Crippen molar-refractivity contribution in [2.24, 2.45) is 0 Å². The van der Waals surface area contributed by atoms with Crippen LogP contribution in [0.1, 0.15) is 27.4 Å². The van der Waals surface area contributed by atoms with Gasteiger partial charge in [-0.1, -0.05) is 5.16 Å². The molecule has 3 rings (SSSR count). The second kappa shape index (κ2) is 4.56. The summed E-state index contributed by atoms with van der Waals surface area (Å²) in [6, 6.07) is 3.86. The van der Waals surface area contributed by atoms with E-state index in [0.717, 1.165) is 11.3 Å². The van der Waals surface area contributed by atoms with Crippen molar-refractivity contribution >= 4 is 5.91 Å². The molecule has 6 heteroatoms. The Morgan fingerprint density at radius 1 is 1.30 bits per heavy atom. The van der Waals surface area contributed by atoms with Gasteiger partial charge in [-0.2, -0.15) is 0 Å². The van der Waals surface area contributed by atoms with Crippen LogP contribution in [0.3, 0.4) is 0 Å². The fourth-order valence-corrected chi connectivity index (χ4v) is 2.45. The largest absolute Gasteiger partial charge is 0.508 e. The van der Waals surface area contributed by atoms with Gasteiger partial charge in [0.15, 0.2) is 5.76 Å². The van der Waals surface area contributed by atoms with E-state index in [-0.39, 0.29) is 23.0 Å². The number of benzene rings is 1. The third kappa shape index (κ3) is 2.09. The molecule has 0 unspecified atom stereocenters. The zero-order valence-corrected chi connectivity index (χ0v) is 11.0. The molecule has 1 aromatic carbocycles. The Bertz CT molecular complexity index is 658.